The number of carbonyl (C=O) groups is 2. The minimum absolute atomic E-state index is 0.00205. The Morgan fingerprint density at radius 2 is 2.39 bits per heavy atom. The van der Waals surface area contributed by atoms with Crippen molar-refractivity contribution in [2.24, 2.45) is 0 Å². The predicted octanol–water partition coefficient (Wildman–Crippen LogP) is 0.154. The number of likely N-dealkylation sites (tertiary alicyclic amines) is 1. The van der Waals surface area contributed by atoms with Gasteiger partial charge in [-0.05, 0) is 18.0 Å². The van der Waals surface area contributed by atoms with E-state index in [4.69, 9.17) is 5.73 Å². The topological polar surface area (TPSA) is 97.6 Å². The van der Waals surface area contributed by atoms with E-state index in [9.17, 15) is 9.59 Å². The van der Waals surface area contributed by atoms with Gasteiger partial charge in [0.2, 0.25) is 5.91 Å². The second-order valence-corrected chi connectivity index (χ2v) is 4.78. The third-order valence-corrected chi connectivity index (χ3v) is 3.63. The molecular formula is C10H14N4O3S. The zero-order valence-corrected chi connectivity index (χ0v) is 10.9. The van der Waals surface area contributed by atoms with E-state index in [0.29, 0.717) is 18.0 Å². The largest absolute Gasteiger partial charge is 0.465 e. The summed E-state index contributed by atoms with van der Waals surface area (Å²) in [6, 6.07) is -0.335. The first-order valence-electron chi connectivity index (χ1n) is 5.39. The number of carbonyl (C=O) groups excluding carboxylic acids is 2. The highest BCUT2D eigenvalue weighted by Gasteiger charge is 2.31. The first kappa shape index (κ1) is 12.6. The van der Waals surface area contributed by atoms with Gasteiger partial charge >= 0.3 is 5.97 Å². The van der Waals surface area contributed by atoms with Crippen molar-refractivity contribution in [1.82, 2.24) is 9.27 Å². The Morgan fingerprint density at radius 3 is 2.94 bits per heavy atom. The number of nitrogen functional groups attached to an aromatic ring is 1. The van der Waals surface area contributed by atoms with Crippen LogP contribution in [-0.4, -0.2) is 47.9 Å². The summed E-state index contributed by atoms with van der Waals surface area (Å²) in [5.74, 6) is -0.437. The summed E-state index contributed by atoms with van der Waals surface area (Å²) in [5, 5.41) is 3.49. The summed E-state index contributed by atoms with van der Waals surface area (Å²) in [4.78, 5) is 25.0. The maximum Gasteiger partial charge on any atom is 0.344 e. The minimum Gasteiger partial charge on any atom is -0.465 e. The third-order valence-electron chi connectivity index (χ3n) is 2.84. The average Bonchev–Trinajstić information content (AvgIpc) is 2.86. The zero-order chi connectivity index (χ0) is 13.3. The van der Waals surface area contributed by atoms with Gasteiger partial charge in [-0.25, -0.2) is 4.79 Å². The van der Waals surface area contributed by atoms with Crippen LogP contribution in [0, 0.1) is 0 Å². The SMILES string of the molecule is COC(=O)c1c(N)nsc1NC1CCN(C)C1=O. The fourth-order valence-electron chi connectivity index (χ4n) is 1.81. The van der Waals surface area contributed by atoms with Crippen LogP contribution < -0.4 is 11.1 Å². The molecule has 0 saturated carbocycles. The number of anilines is 2. The molecule has 1 unspecified atom stereocenters. The van der Waals surface area contributed by atoms with Crippen molar-refractivity contribution in [1.29, 1.82) is 0 Å². The molecule has 0 aromatic carbocycles. The van der Waals surface area contributed by atoms with E-state index in [1.165, 1.54) is 7.11 Å². The molecule has 2 rings (SSSR count). The van der Waals surface area contributed by atoms with E-state index < -0.39 is 5.97 Å². The second kappa shape index (κ2) is 4.81. The lowest BCUT2D eigenvalue weighted by Gasteiger charge is -2.12. The molecule has 1 amide bonds. The van der Waals surface area contributed by atoms with Crippen LogP contribution in [0.5, 0.6) is 0 Å². The van der Waals surface area contributed by atoms with Gasteiger partial charge in [0.15, 0.2) is 5.82 Å². The summed E-state index contributed by atoms with van der Waals surface area (Å²) in [6.45, 7) is 0.693. The van der Waals surface area contributed by atoms with Gasteiger partial charge < -0.3 is 20.7 Å². The van der Waals surface area contributed by atoms with Crippen LogP contribution in [0.3, 0.4) is 0 Å². The summed E-state index contributed by atoms with van der Waals surface area (Å²) in [5.41, 5.74) is 5.82. The molecule has 0 bridgehead atoms. The normalized spacial score (nSPS) is 19.1. The van der Waals surface area contributed by atoms with Gasteiger partial charge in [0.1, 0.15) is 16.6 Å². The Hall–Kier alpha value is -1.83. The van der Waals surface area contributed by atoms with Gasteiger partial charge in [-0.15, -0.1) is 0 Å². The Kier molecular flexibility index (Phi) is 3.37. The molecule has 3 N–H and O–H groups in total. The van der Waals surface area contributed by atoms with Gasteiger partial charge in [-0.2, -0.15) is 4.37 Å². The van der Waals surface area contributed by atoms with Crippen molar-refractivity contribution in [3.63, 3.8) is 0 Å². The van der Waals surface area contributed by atoms with Crippen LogP contribution in [-0.2, 0) is 9.53 Å². The van der Waals surface area contributed by atoms with Gasteiger partial charge in [-0.1, -0.05) is 0 Å². The number of methoxy groups -OCH3 is 1. The smallest absolute Gasteiger partial charge is 0.344 e. The third kappa shape index (κ3) is 2.10. The molecule has 1 aromatic rings. The monoisotopic (exact) mass is 270 g/mol. The standard InChI is InChI=1S/C10H14N4O3S/c1-14-4-3-5(9(14)15)12-8-6(10(16)17-2)7(11)13-18-8/h5,12H,3-4H2,1-2H3,(H2,11,13). The van der Waals surface area contributed by atoms with Crippen molar-refractivity contribution in [3.8, 4) is 0 Å². The Labute approximate surface area is 108 Å². The maximum atomic E-state index is 11.8. The average molecular weight is 270 g/mol. The highest BCUT2D eigenvalue weighted by molar-refractivity contribution is 7.11. The van der Waals surface area contributed by atoms with Gasteiger partial charge in [0.25, 0.3) is 0 Å². The van der Waals surface area contributed by atoms with E-state index in [1.54, 1.807) is 11.9 Å². The van der Waals surface area contributed by atoms with Crippen molar-refractivity contribution in [3.05, 3.63) is 5.56 Å². The van der Waals surface area contributed by atoms with Crippen LogP contribution in [0.15, 0.2) is 0 Å². The first-order chi connectivity index (χ1) is 8.54. The predicted molar refractivity (Wildman–Crippen MR) is 67.5 cm³/mol. The maximum absolute atomic E-state index is 11.8. The first-order valence-corrected chi connectivity index (χ1v) is 6.17. The van der Waals surface area contributed by atoms with Crippen LogP contribution in [0.1, 0.15) is 16.8 Å². The van der Waals surface area contributed by atoms with Crippen molar-refractivity contribution >= 4 is 34.2 Å². The quantitative estimate of drug-likeness (QED) is 0.759. The van der Waals surface area contributed by atoms with Crippen LogP contribution in [0.2, 0.25) is 0 Å². The minimum atomic E-state index is -0.553. The Balaban J connectivity index is 2.20. The van der Waals surface area contributed by atoms with E-state index in [-0.39, 0.29) is 23.3 Å². The van der Waals surface area contributed by atoms with E-state index in [0.717, 1.165) is 11.5 Å². The molecule has 1 fully saturated rings. The number of hydrogen-bond acceptors (Lipinski definition) is 7. The van der Waals surface area contributed by atoms with E-state index in [2.05, 4.69) is 14.4 Å². The summed E-state index contributed by atoms with van der Waals surface area (Å²) < 4.78 is 8.54. The number of nitrogens with two attached hydrogens (primary N) is 1. The van der Waals surface area contributed by atoms with E-state index >= 15 is 0 Å². The zero-order valence-electron chi connectivity index (χ0n) is 10.1. The lowest BCUT2D eigenvalue weighted by Crippen LogP contribution is -2.31. The molecule has 1 atom stereocenters. The fraction of sp³-hybridized carbons (Fsp3) is 0.500. The summed E-state index contributed by atoms with van der Waals surface area (Å²) in [7, 11) is 3.02. The van der Waals surface area contributed by atoms with Gasteiger partial charge in [0, 0.05) is 13.6 Å². The lowest BCUT2D eigenvalue weighted by molar-refractivity contribution is -0.127. The molecule has 2 heterocycles. The molecule has 98 valence electrons. The van der Waals surface area contributed by atoms with Crippen LogP contribution in [0.4, 0.5) is 10.8 Å². The summed E-state index contributed by atoms with van der Waals surface area (Å²) >= 11 is 1.05. The lowest BCUT2D eigenvalue weighted by atomic mass is 10.2. The fourth-order valence-corrected chi connectivity index (χ4v) is 2.57. The number of hydrogen-bond donors (Lipinski definition) is 2. The molecular weight excluding hydrogens is 256 g/mol. The molecule has 1 aromatic heterocycles. The number of rotatable bonds is 3. The number of amides is 1. The van der Waals surface area contributed by atoms with Crippen LogP contribution in [0.25, 0.3) is 0 Å². The van der Waals surface area contributed by atoms with Crippen molar-refractivity contribution in [2.45, 2.75) is 12.5 Å². The molecule has 0 aliphatic carbocycles. The van der Waals surface area contributed by atoms with Gasteiger partial charge in [-0.3, -0.25) is 4.79 Å². The number of ether oxygens (including phenoxy) is 1. The van der Waals surface area contributed by atoms with Gasteiger partial charge in [0.05, 0.1) is 7.11 Å². The number of likely N-dealkylation sites (N-methyl/N-ethyl adjacent to an activating group) is 1. The molecule has 0 radical (unpaired) electrons. The highest BCUT2D eigenvalue weighted by Crippen LogP contribution is 2.29. The van der Waals surface area contributed by atoms with Crippen molar-refractivity contribution < 1.29 is 14.3 Å². The van der Waals surface area contributed by atoms with Crippen LogP contribution >= 0.6 is 11.5 Å². The molecule has 8 heteroatoms. The Morgan fingerprint density at radius 1 is 1.67 bits per heavy atom. The Bertz CT molecular complexity index is 487. The molecule has 18 heavy (non-hydrogen) atoms. The molecule has 7 nitrogen and oxygen atoms in total. The van der Waals surface area contributed by atoms with Crippen molar-refractivity contribution in [2.75, 3.05) is 31.8 Å². The summed E-state index contributed by atoms with van der Waals surface area (Å²) in [6.07, 6.45) is 0.688. The van der Waals surface area contributed by atoms with E-state index in [1.807, 2.05) is 0 Å². The molecule has 1 aliphatic heterocycles. The number of nitrogens with one attached hydrogen (secondary N) is 1. The second-order valence-electron chi connectivity index (χ2n) is 4.01. The number of nitrogens with zero attached hydrogens (tertiary/aromatic N) is 2. The number of aromatic nitrogens is 1. The molecule has 1 saturated heterocycles. The molecule has 0 spiro atoms. The highest BCUT2D eigenvalue weighted by atomic mass is 32.1. The molecule has 1 aliphatic rings. The number of esters is 1.